The van der Waals surface area contributed by atoms with E-state index < -0.39 is 0 Å². The lowest BCUT2D eigenvalue weighted by Gasteiger charge is -2.36. The van der Waals surface area contributed by atoms with Crippen LogP contribution >= 0.6 is 0 Å². The molecule has 100 valence electrons. The molecule has 1 aliphatic carbocycles. The average Bonchev–Trinajstić information content (AvgIpc) is 2.96. The van der Waals surface area contributed by atoms with Crippen LogP contribution in [0.5, 0.6) is 0 Å². The van der Waals surface area contributed by atoms with Crippen LogP contribution in [0.3, 0.4) is 0 Å². The fourth-order valence-corrected chi connectivity index (χ4v) is 3.38. The van der Waals surface area contributed by atoms with Crippen molar-refractivity contribution in [3.8, 4) is 0 Å². The Bertz CT molecular complexity index is 216. The van der Waals surface area contributed by atoms with E-state index in [2.05, 4.69) is 29.2 Å². The van der Waals surface area contributed by atoms with Gasteiger partial charge in [0, 0.05) is 25.2 Å². The first-order chi connectivity index (χ1) is 8.23. The molecule has 0 atom stereocenters. The van der Waals surface area contributed by atoms with E-state index >= 15 is 0 Å². The fourth-order valence-electron chi connectivity index (χ4n) is 3.38. The zero-order valence-electron chi connectivity index (χ0n) is 11.7. The van der Waals surface area contributed by atoms with Crippen molar-refractivity contribution in [1.82, 2.24) is 15.1 Å². The van der Waals surface area contributed by atoms with Crippen LogP contribution in [0, 0.1) is 0 Å². The molecule has 0 spiro atoms. The Balaban J connectivity index is 1.65. The van der Waals surface area contributed by atoms with Gasteiger partial charge < -0.3 is 15.1 Å². The lowest BCUT2D eigenvalue weighted by atomic mass is 9.96. The summed E-state index contributed by atoms with van der Waals surface area (Å²) in [7, 11) is 4.49. The molecule has 3 heteroatoms. The molecule has 1 saturated carbocycles. The first-order valence-electron chi connectivity index (χ1n) is 7.33. The summed E-state index contributed by atoms with van der Waals surface area (Å²) < 4.78 is 0. The van der Waals surface area contributed by atoms with Gasteiger partial charge in [-0.15, -0.1) is 0 Å². The van der Waals surface area contributed by atoms with Crippen LogP contribution in [0.25, 0.3) is 0 Å². The highest BCUT2D eigenvalue weighted by Crippen LogP contribution is 2.32. The Morgan fingerprint density at radius 3 is 2.29 bits per heavy atom. The molecule has 2 fully saturated rings. The van der Waals surface area contributed by atoms with Crippen LogP contribution in [0.15, 0.2) is 0 Å². The third kappa shape index (κ3) is 3.43. The number of hydrogen-bond donors (Lipinski definition) is 1. The molecule has 17 heavy (non-hydrogen) atoms. The van der Waals surface area contributed by atoms with Gasteiger partial charge in [-0.3, -0.25) is 0 Å². The fraction of sp³-hybridized carbons (Fsp3) is 1.00. The Kier molecular flexibility index (Phi) is 4.83. The van der Waals surface area contributed by atoms with Crippen LogP contribution in [-0.2, 0) is 0 Å². The molecular weight excluding hydrogens is 210 g/mol. The van der Waals surface area contributed by atoms with Gasteiger partial charge in [0.05, 0.1) is 0 Å². The van der Waals surface area contributed by atoms with Crippen molar-refractivity contribution >= 4 is 0 Å². The van der Waals surface area contributed by atoms with Gasteiger partial charge in [-0.1, -0.05) is 12.8 Å². The maximum absolute atomic E-state index is 3.69. The zero-order valence-corrected chi connectivity index (χ0v) is 11.7. The molecule has 0 unspecified atom stereocenters. The van der Waals surface area contributed by atoms with E-state index in [-0.39, 0.29) is 0 Å². The summed E-state index contributed by atoms with van der Waals surface area (Å²) in [4.78, 5) is 5.03. The number of hydrogen-bond acceptors (Lipinski definition) is 3. The van der Waals surface area contributed by atoms with Crippen molar-refractivity contribution in [2.24, 2.45) is 0 Å². The predicted molar refractivity (Wildman–Crippen MR) is 73.4 cm³/mol. The third-order valence-electron chi connectivity index (χ3n) is 4.74. The molecular formula is C14H29N3. The minimum atomic E-state index is 0.449. The second-order valence-corrected chi connectivity index (χ2v) is 6.05. The van der Waals surface area contributed by atoms with Crippen molar-refractivity contribution in [3.05, 3.63) is 0 Å². The topological polar surface area (TPSA) is 18.5 Å². The molecule has 3 nitrogen and oxygen atoms in total. The Morgan fingerprint density at radius 1 is 1.06 bits per heavy atom. The molecule has 1 saturated heterocycles. The summed E-state index contributed by atoms with van der Waals surface area (Å²) in [6.45, 7) is 6.22. The van der Waals surface area contributed by atoms with Gasteiger partial charge in [-0.2, -0.15) is 0 Å². The molecule has 1 N–H and O–H groups in total. The van der Waals surface area contributed by atoms with Gasteiger partial charge in [0.1, 0.15) is 0 Å². The minimum Gasteiger partial charge on any atom is -0.314 e. The lowest BCUT2D eigenvalue weighted by molar-refractivity contribution is 0.152. The van der Waals surface area contributed by atoms with Crippen LogP contribution in [0.4, 0.5) is 0 Å². The molecule has 0 aromatic carbocycles. The largest absolute Gasteiger partial charge is 0.314 e. The zero-order chi connectivity index (χ0) is 12.1. The minimum absolute atomic E-state index is 0.449. The van der Waals surface area contributed by atoms with Crippen molar-refractivity contribution in [3.63, 3.8) is 0 Å². The number of nitrogens with zero attached hydrogens (tertiary/aromatic N) is 2. The van der Waals surface area contributed by atoms with Gasteiger partial charge in [0.2, 0.25) is 0 Å². The van der Waals surface area contributed by atoms with E-state index in [0.29, 0.717) is 5.54 Å². The SMILES string of the molecule is CN(C)C1(CNCCN2CCCC2)CCCC1. The van der Waals surface area contributed by atoms with Gasteiger partial charge in [-0.25, -0.2) is 0 Å². The Morgan fingerprint density at radius 2 is 1.71 bits per heavy atom. The maximum atomic E-state index is 3.69. The highest BCUT2D eigenvalue weighted by atomic mass is 15.2. The molecule has 0 aromatic heterocycles. The molecule has 1 aliphatic heterocycles. The molecule has 1 heterocycles. The van der Waals surface area contributed by atoms with Crippen LogP contribution in [0.1, 0.15) is 38.5 Å². The number of rotatable bonds is 6. The molecule has 2 rings (SSSR count). The van der Waals surface area contributed by atoms with E-state index in [1.165, 1.54) is 64.7 Å². The standard InChI is InChI=1S/C14H29N3/c1-16(2)14(7-3-4-8-14)13-15-9-12-17-10-5-6-11-17/h15H,3-13H2,1-2H3. The number of likely N-dealkylation sites (N-methyl/N-ethyl adjacent to an activating group) is 1. The molecule has 0 bridgehead atoms. The summed E-state index contributed by atoms with van der Waals surface area (Å²) in [5.74, 6) is 0. The third-order valence-corrected chi connectivity index (χ3v) is 4.74. The second-order valence-electron chi connectivity index (χ2n) is 6.05. The first kappa shape index (κ1) is 13.3. The smallest absolute Gasteiger partial charge is 0.0327 e. The van der Waals surface area contributed by atoms with Crippen molar-refractivity contribution in [1.29, 1.82) is 0 Å². The Hall–Kier alpha value is -0.120. The summed E-state index contributed by atoms with van der Waals surface area (Å²) >= 11 is 0. The van der Waals surface area contributed by atoms with Gasteiger partial charge in [0.15, 0.2) is 0 Å². The summed E-state index contributed by atoms with van der Waals surface area (Å²) in [6, 6.07) is 0. The van der Waals surface area contributed by atoms with E-state index in [9.17, 15) is 0 Å². The van der Waals surface area contributed by atoms with Crippen molar-refractivity contribution < 1.29 is 0 Å². The average molecular weight is 239 g/mol. The first-order valence-corrected chi connectivity index (χ1v) is 7.33. The number of likely N-dealkylation sites (tertiary alicyclic amines) is 1. The van der Waals surface area contributed by atoms with Gasteiger partial charge >= 0.3 is 0 Å². The number of nitrogens with one attached hydrogen (secondary N) is 1. The molecule has 0 radical (unpaired) electrons. The highest BCUT2D eigenvalue weighted by Gasteiger charge is 2.35. The predicted octanol–water partition coefficient (Wildman–Crippen LogP) is 1.55. The quantitative estimate of drug-likeness (QED) is 0.710. The monoisotopic (exact) mass is 239 g/mol. The van der Waals surface area contributed by atoms with E-state index in [4.69, 9.17) is 0 Å². The van der Waals surface area contributed by atoms with E-state index in [1.54, 1.807) is 0 Å². The summed E-state index contributed by atoms with van der Waals surface area (Å²) in [5.41, 5.74) is 0.449. The molecule has 0 aromatic rings. The second kappa shape index (κ2) is 6.17. The Labute approximate surface area is 107 Å². The van der Waals surface area contributed by atoms with Crippen molar-refractivity contribution in [2.45, 2.75) is 44.1 Å². The summed E-state index contributed by atoms with van der Waals surface area (Å²) in [5, 5.41) is 3.69. The van der Waals surface area contributed by atoms with Crippen LogP contribution in [-0.4, -0.2) is 62.2 Å². The summed E-state index contributed by atoms with van der Waals surface area (Å²) in [6.07, 6.45) is 8.37. The van der Waals surface area contributed by atoms with Crippen LogP contribution < -0.4 is 5.32 Å². The highest BCUT2D eigenvalue weighted by molar-refractivity contribution is 4.94. The molecule has 0 amide bonds. The van der Waals surface area contributed by atoms with E-state index in [0.717, 1.165) is 6.54 Å². The molecule has 2 aliphatic rings. The lowest BCUT2D eigenvalue weighted by Crippen LogP contribution is -2.50. The normalized spacial score (nSPS) is 24.9. The van der Waals surface area contributed by atoms with Gasteiger partial charge in [0.25, 0.3) is 0 Å². The van der Waals surface area contributed by atoms with E-state index in [1.807, 2.05) is 0 Å². The van der Waals surface area contributed by atoms with Crippen LogP contribution in [0.2, 0.25) is 0 Å². The van der Waals surface area contributed by atoms with Gasteiger partial charge in [-0.05, 0) is 52.9 Å². The van der Waals surface area contributed by atoms with Crippen molar-refractivity contribution in [2.75, 3.05) is 46.8 Å². The maximum Gasteiger partial charge on any atom is 0.0327 e.